The van der Waals surface area contributed by atoms with Crippen molar-refractivity contribution in [2.75, 3.05) is 0 Å². The Morgan fingerprint density at radius 1 is 0.250 bits per heavy atom. The fourth-order valence-electron chi connectivity index (χ4n) is 9.73. The van der Waals surface area contributed by atoms with Gasteiger partial charge in [0.2, 0.25) is 0 Å². The SMILES string of the molecule is C[Si]1(C2OC2c2ccccc2)O[Si](C)(C2OC2c2ccccc2)O[Si](C)(C2OC2c2ccccc2)O[Si](C)(C2OC2c2ccccc2)O[Si](C)(C2OC2c2ccccc2)O1. The number of epoxide rings is 5. The minimum Gasteiger partial charge on any atom is -0.413 e. The first-order valence-corrected chi connectivity index (χ1v) is 33.0. The second-order valence-electron chi connectivity index (χ2n) is 17.5. The monoisotopic (exact) mass is 890 g/mol. The van der Waals surface area contributed by atoms with Crippen LogP contribution in [-0.2, 0) is 44.3 Å². The van der Waals surface area contributed by atoms with Crippen molar-refractivity contribution in [3.63, 3.8) is 0 Å². The van der Waals surface area contributed by atoms with Gasteiger partial charge in [-0.3, -0.25) is 0 Å². The number of hydrogen-bond donors (Lipinski definition) is 0. The molecular weight excluding hydrogens is 841 g/mol. The van der Waals surface area contributed by atoms with Gasteiger partial charge in [-0.1, -0.05) is 152 Å². The molecule has 0 bridgehead atoms. The van der Waals surface area contributed by atoms with Gasteiger partial charge in [-0.15, -0.1) is 0 Å². The second kappa shape index (κ2) is 14.7. The molecular formula is C45H50O10Si5. The molecule has 15 heteroatoms. The zero-order valence-corrected chi connectivity index (χ0v) is 39.3. The molecule has 10 atom stereocenters. The van der Waals surface area contributed by atoms with E-state index < -0.39 is 42.8 Å². The number of hydrogen-bond acceptors (Lipinski definition) is 10. The molecule has 6 saturated heterocycles. The summed E-state index contributed by atoms with van der Waals surface area (Å²) in [6.45, 7) is 10.7. The van der Waals surface area contributed by atoms with Crippen LogP contribution in [0.5, 0.6) is 0 Å². The van der Waals surface area contributed by atoms with Crippen LogP contribution in [0.25, 0.3) is 0 Å². The highest BCUT2D eigenvalue weighted by Crippen LogP contribution is 2.58. The van der Waals surface area contributed by atoms with E-state index in [9.17, 15) is 0 Å². The third-order valence-corrected chi connectivity index (χ3v) is 36.3. The van der Waals surface area contributed by atoms with Crippen molar-refractivity contribution in [2.24, 2.45) is 0 Å². The molecule has 0 spiro atoms. The molecule has 6 heterocycles. The Labute approximate surface area is 356 Å². The normalized spacial score (nSPS) is 43.1. The van der Waals surface area contributed by atoms with E-state index in [-0.39, 0.29) is 59.2 Å². The van der Waals surface area contributed by atoms with Crippen LogP contribution in [-0.4, -0.2) is 71.4 Å². The Kier molecular flexibility index (Phi) is 9.70. The number of ether oxygens (including phenoxy) is 5. The van der Waals surface area contributed by atoms with Gasteiger partial charge in [-0.25, -0.2) is 0 Å². The van der Waals surface area contributed by atoms with Crippen LogP contribution in [0.4, 0.5) is 0 Å². The van der Waals surface area contributed by atoms with Crippen LogP contribution < -0.4 is 0 Å². The van der Waals surface area contributed by atoms with E-state index in [0.29, 0.717) is 0 Å². The van der Waals surface area contributed by atoms with Gasteiger partial charge >= 0.3 is 42.8 Å². The summed E-state index contributed by atoms with van der Waals surface area (Å²) in [7, 11) is -17.4. The first kappa shape index (κ1) is 39.6. The summed E-state index contributed by atoms with van der Waals surface area (Å²) in [4.78, 5) is 0. The third kappa shape index (κ3) is 7.36. The van der Waals surface area contributed by atoms with Gasteiger partial charge < -0.3 is 44.3 Å². The lowest BCUT2D eigenvalue weighted by Crippen LogP contribution is -2.73. The van der Waals surface area contributed by atoms with Gasteiger partial charge in [0.05, 0.1) is 0 Å². The molecule has 60 heavy (non-hydrogen) atoms. The Morgan fingerprint density at radius 2 is 0.400 bits per heavy atom. The van der Waals surface area contributed by atoms with Crippen molar-refractivity contribution in [1.82, 2.24) is 0 Å². The van der Waals surface area contributed by atoms with Crippen LogP contribution in [0.15, 0.2) is 152 Å². The van der Waals surface area contributed by atoms with Crippen molar-refractivity contribution in [3.8, 4) is 0 Å². The van der Waals surface area contributed by atoms with Gasteiger partial charge in [0.1, 0.15) is 59.2 Å². The predicted octanol–water partition coefficient (Wildman–Crippen LogP) is 8.84. The predicted molar refractivity (Wildman–Crippen MR) is 234 cm³/mol. The molecule has 0 radical (unpaired) electrons. The number of benzene rings is 5. The van der Waals surface area contributed by atoms with Gasteiger partial charge in [-0.05, 0) is 60.6 Å². The second-order valence-corrected chi connectivity index (χ2v) is 34.6. The lowest BCUT2D eigenvalue weighted by Gasteiger charge is -2.49. The highest BCUT2D eigenvalue weighted by Gasteiger charge is 2.76. The molecule has 310 valence electrons. The van der Waals surface area contributed by atoms with E-state index in [4.69, 9.17) is 44.3 Å². The maximum absolute atomic E-state index is 7.78. The fourth-order valence-corrected chi connectivity index (χ4v) is 38.9. The molecule has 11 rings (SSSR count). The molecule has 0 amide bonds. The summed E-state index contributed by atoms with van der Waals surface area (Å²) in [6.07, 6.45) is -1.02. The quantitative estimate of drug-likeness (QED) is 0.0998. The van der Waals surface area contributed by atoms with Gasteiger partial charge in [0.15, 0.2) is 0 Å². The highest BCUT2D eigenvalue weighted by molar-refractivity contribution is 6.96. The molecule has 6 aliphatic rings. The summed E-state index contributed by atoms with van der Waals surface area (Å²) in [6, 6.07) is 51.7. The molecule has 10 nitrogen and oxygen atoms in total. The van der Waals surface area contributed by atoms with Crippen molar-refractivity contribution in [2.45, 2.75) is 91.9 Å². The van der Waals surface area contributed by atoms with Crippen LogP contribution in [0.2, 0.25) is 32.7 Å². The Hall–Kier alpha value is -3.22. The lowest BCUT2D eigenvalue weighted by molar-refractivity contribution is 0.190. The van der Waals surface area contributed by atoms with E-state index in [2.05, 4.69) is 93.4 Å². The molecule has 0 N–H and O–H groups in total. The van der Waals surface area contributed by atoms with Crippen molar-refractivity contribution < 1.29 is 44.3 Å². The topological polar surface area (TPSA) is 109 Å². The maximum atomic E-state index is 7.78. The Balaban J connectivity index is 1.05. The molecule has 5 aromatic rings. The highest BCUT2D eigenvalue weighted by atomic mass is 28.5. The van der Waals surface area contributed by atoms with Gasteiger partial charge in [0.25, 0.3) is 0 Å². The first-order chi connectivity index (χ1) is 29.0. The largest absolute Gasteiger partial charge is 0.413 e. The van der Waals surface area contributed by atoms with Crippen LogP contribution in [0, 0.1) is 0 Å². The summed E-state index contributed by atoms with van der Waals surface area (Å²) in [5.41, 5.74) is 3.74. The Bertz CT molecular complexity index is 1930. The van der Waals surface area contributed by atoms with E-state index in [1.807, 2.05) is 91.0 Å². The average molecular weight is 891 g/mol. The average Bonchev–Trinajstić information content (AvgIpc) is 4.06. The smallest absolute Gasteiger partial charge is 0.350 e. The van der Waals surface area contributed by atoms with Gasteiger partial charge in [0, 0.05) is 0 Å². The van der Waals surface area contributed by atoms with E-state index in [1.54, 1.807) is 0 Å². The molecule has 6 aliphatic heterocycles. The van der Waals surface area contributed by atoms with Crippen LogP contribution in [0.3, 0.4) is 0 Å². The summed E-state index contributed by atoms with van der Waals surface area (Å²) >= 11 is 0. The molecule has 10 unspecified atom stereocenters. The zero-order valence-electron chi connectivity index (χ0n) is 34.3. The molecule has 0 saturated carbocycles. The van der Waals surface area contributed by atoms with E-state index in [1.165, 1.54) is 0 Å². The molecule has 0 aliphatic carbocycles. The minimum atomic E-state index is -3.48. The van der Waals surface area contributed by atoms with E-state index >= 15 is 0 Å². The maximum Gasteiger partial charge on any atom is 0.350 e. The molecule has 0 aromatic heterocycles. The lowest BCUT2D eigenvalue weighted by atomic mass is 10.2. The first-order valence-electron chi connectivity index (χ1n) is 21.0. The fraction of sp³-hybridized carbons (Fsp3) is 0.333. The van der Waals surface area contributed by atoms with Crippen LogP contribution >= 0.6 is 0 Å². The summed E-state index contributed by atoms with van der Waals surface area (Å²) in [5.74, 6) is 0. The van der Waals surface area contributed by atoms with Gasteiger partial charge in [-0.2, -0.15) is 0 Å². The minimum absolute atomic E-state index is 0.204. The third-order valence-electron chi connectivity index (χ3n) is 12.7. The number of rotatable bonds is 10. The van der Waals surface area contributed by atoms with Crippen LogP contribution in [0.1, 0.15) is 58.3 Å². The van der Waals surface area contributed by atoms with Crippen molar-refractivity contribution in [3.05, 3.63) is 179 Å². The summed E-state index contributed by atoms with van der Waals surface area (Å²) in [5, 5.41) is 0. The Morgan fingerprint density at radius 3 is 0.550 bits per heavy atom. The molecule has 6 fully saturated rings. The standard InChI is InChI=1S/C45H50O10Si5/c1-56(41-36(46-41)31-21-11-6-12-22-31)51-57(2,42-37(47-42)32-23-13-7-14-24-32)53-59(4,44-39(49-44)34-27-17-9-18-28-34)55-60(5,45-40(50-45)35-29-19-10-20-30-35)54-58(3,52-56)43-38(48-43)33-25-15-8-16-26-33/h6-30,36-45H,1-5H3. The summed E-state index contributed by atoms with van der Waals surface area (Å²) < 4.78 is 72.4. The van der Waals surface area contributed by atoms with Crippen molar-refractivity contribution in [1.29, 1.82) is 0 Å². The van der Waals surface area contributed by atoms with Crippen molar-refractivity contribution >= 4 is 42.8 Å². The zero-order chi connectivity index (χ0) is 40.9. The van der Waals surface area contributed by atoms with E-state index in [0.717, 1.165) is 27.8 Å². The molecule has 5 aromatic carbocycles.